The van der Waals surface area contributed by atoms with Crippen molar-refractivity contribution in [3.05, 3.63) is 71.8 Å². The fraction of sp³-hybridized carbons (Fsp3) is 0.261. The number of carbonyl (C=O) groups excluding carboxylic acids is 3. The quantitative estimate of drug-likeness (QED) is 0.581. The zero-order valence-electron chi connectivity index (χ0n) is 16.4. The molecule has 0 atom stereocenters. The number of hydrogen-bond donors (Lipinski definition) is 1. The molecular weight excluding hydrogens is 368 g/mol. The zero-order chi connectivity index (χ0) is 20.6. The van der Waals surface area contributed by atoms with E-state index < -0.39 is 5.97 Å². The lowest BCUT2D eigenvalue weighted by Crippen LogP contribution is -2.23. The standard InChI is InChI=1S/C23H24N2O4/c1-29-23(28)13-12-21(26)24-15-19-5-2-3-6-20(19)18-10-8-17(9-11-18)16-25-14-4-7-22(25)27/h2-3,5-6,8-13H,4,7,14-16H2,1H3,(H,24,26)/b13-12+. The topological polar surface area (TPSA) is 75.7 Å². The van der Waals surface area contributed by atoms with Gasteiger partial charge in [0.15, 0.2) is 0 Å². The number of hydrogen-bond acceptors (Lipinski definition) is 4. The molecule has 0 saturated carbocycles. The minimum Gasteiger partial charge on any atom is -0.466 e. The molecule has 2 aromatic carbocycles. The lowest BCUT2D eigenvalue weighted by molar-refractivity contribution is -0.135. The van der Waals surface area contributed by atoms with Gasteiger partial charge in [0.05, 0.1) is 7.11 Å². The molecule has 2 amide bonds. The molecule has 0 unspecified atom stereocenters. The first-order valence-electron chi connectivity index (χ1n) is 9.55. The maximum atomic E-state index is 11.9. The van der Waals surface area contributed by atoms with Crippen LogP contribution in [-0.4, -0.2) is 36.3 Å². The van der Waals surface area contributed by atoms with Crippen molar-refractivity contribution < 1.29 is 19.1 Å². The Hall–Kier alpha value is -3.41. The maximum absolute atomic E-state index is 11.9. The van der Waals surface area contributed by atoms with E-state index in [4.69, 9.17) is 0 Å². The third-order valence-electron chi connectivity index (χ3n) is 4.85. The van der Waals surface area contributed by atoms with Crippen molar-refractivity contribution in [2.75, 3.05) is 13.7 Å². The van der Waals surface area contributed by atoms with E-state index >= 15 is 0 Å². The van der Waals surface area contributed by atoms with E-state index in [0.717, 1.165) is 47.4 Å². The van der Waals surface area contributed by atoms with E-state index in [1.54, 1.807) is 0 Å². The van der Waals surface area contributed by atoms with E-state index in [0.29, 0.717) is 19.5 Å². The monoisotopic (exact) mass is 392 g/mol. The van der Waals surface area contributed by atoms with Crippen LogP contribution in [0.4, 0.5) is 0 Å². The van der Waals surface area contributed by atoms with Gasteiger partial charge in [-0.25, -0.2) is 4.79 Å². The molecule has 6 nitrogen and oxygen atoms in total. The van der Waals surface area contributed by atoms with Gasteiger partial charge in [-0.1, -0.05) is 48.5 Å². The van der Waals surface area contributed by atoms with Crippen molar-refractivity contribution >= 4 is 17.8 Å². The molecule has 1 saturated heterocycles. The lowest BCUT2D eigenvalue weighted by atomic mass is 9.98. The molecule has 6 heteroatoms. The highest BCUT2D eigenvalue weighted by Crippen LogP contribution is 2.25. The molecule has 0 spiro atoms. The van der Waals surface area contributed by atoms with Crippen LogP contribution in [0.5, 0.6) is 0 Å². The second-order valence-electron chi connectivity index (χ2n) is 6.85. The van der Waals surface area contributed by atoms with E-state index in [1.807, 2.05) is 53.4 Å². The summed E-state index contributed by atoms with van der Waals surface area (Å²) in [5.74, 6) is -0.719. The molecule has 1 heterocycles. The summed E-state index contributed by atoms with van der Waals surface area (Å²) in [5.41, 5.74) is 4.13. The molecule has 2 aromatic rings. The van der Waals surface area contributed by atoms with Crippen LogP contribution in [0, 0.1) is 0 Å². The van der Waals surface area contributed by atoms with Gasteiger partial charge in [0, 0.05) is 38.2 Å². The van der Waals surface area contributed by atoms with E-state index in [9.17, 15) is 14.4 Å². The Bertz CT molecular complexity index is 919. The van der Waals surface area contributed by atoms with Gasteiger partial charge in [-0.2, -0.15) is 0 Å². The molecule has 29 heavy (non-hydrogen) atoms. The minimum atomic E-state index is -0.573. The van der Waals surface area contributed by atoms with Crippen LogP contribution in [0.1, 0.15) is 24.0 Å². The van der Waals surface area contributed by atoms with Crippen molar-refractivity contribution in [3.8, 4) is 11.1 Å². The number of esters is 1. The second-order valence-corrected chi connectivity index (χ2v) is 6.85. The van der Waals surface area contributed by atoms with Crippen LogP contribution in [0.2, 0.25) is 0 Å². The van der Waals surface area contributed by atoms with Crippen molar-refractivity contribution in [1.82, 2.24) is 10.2 Å². The van der Waals surface area contributed by atoms with Gasteiger partial charge in [0.2, 0.25) is 11.8 Å². The molecule has 1 N–H and O–H groups in total. The van der Waals surface area contributed by atoms with Crippen molar-refractivity contribution in [2.45, 2.75) is 25.9 Å². The fourth-order valence-corrected chi connectivity index (χ4v) is 3.29. The van der Waals surface area contributed by atoms with Crippen molar-refractivity contribution in [2.24, 2.45) is 0 Å². The average molecular weight is 392 g/mol. The van der Waals surface area contributed by atoms with Gasteiger partial charge in [-0.3, -0.25) is 9.59 Å². The smallest absolute Gasteiger partial charge is 0.330 e. The number of carbonyl (C=O) groups is 3. The third-order valence-corrected chi connectivity index (χ3v) is 4.85. The summed E-state index contributed by atoms with van der Waals surface area (Å²) in [6.45, 7) is 1.81. The first-order chi connectivity index (χ1) is 14.1. The number of nitrogens with zero attached hydrogens (tertiary/aromatic N) is 1. The molecule has 0 aliphatic carbocycles. The van der Waals surface area contributed by atoms with E-state index in [1.165, 1.54) is 7.11 Å². The van der Waals surface area contributed by atoms with Gasteiger partial charge in [-0.15, -0.1) is 0 Å². The molecule has 150 valence electrons. The Morgan fingerprint density at radius 1 is 1.10 bits per heavy atom. The molecule has 0 bridgehead atoms. The number of methoxy groups -OCH3 is 1. The molecule has 1 aliphatic heterocycles. The van der Waals surface area contributed by atoms with Gasteiger partial charge in [0.1, 0.15) is 0 Å². The van der Waals surface area contributed by atoms with Gasteiger partial charge >= 0.3 is 5.97 Å². The summed E-state index contributed by atoms with van der Waals surface area (Å²) in [6, 6.07) is 16.0. The summed E-state index contributed by atoms with van der Waals surface area (Å²) in [7, 11) is 1.26. The van der Waals surface area contributed by atoms with Crippen molar-refractivity contribution in [3.63, 3.8) is 0 Å². The normalized spacial score (nSPS) is 13.7. The number of nitrogens with one attached hydrogen (secondary N) is 1. The summed E-state index contributed by atoms with van der Waals surface area (Å²) < 4.78 is 4.47. The summed E-state index contributed by atoms with van der Waals surface area (Å²) in [4.78, 5) is 36.6. The summed E-state index contributed by atoms with van der Waals surface area (Å²) in [6.07, 6.45) is 3.82. The number of amides is 2. The highest BCUT2D eigenvalue weighted by Gasteiger charge is 2.19. The van der Waals surface area contributed by atoms with Crippen molar-refractivity contribution in [1.29, 1.82) is 0 Å². The summed E-state index contributed by atoms with van der Waals surface area (Å²) >= 11 is 0. The highest BCUT2D eigenvalue weighted by atomic mass is 16.5. The second kappa shape index (κ2) is 9.68. The average Bonchev–Trinajstić information content (AvgIpc) is 3.15. The molecular formula is C23H24N2O4. The number of benzene rings is 2. The fourth-order valence-electron chi connectivity index (χ4n) is 3.29. The predicted octanol–water partition coefficient (Wildman–Crippen LogP) is 2.82. The van der Waals surface area contributed by atoms with Crippen LogP contribution in [0.3, 0.4) is 0 Å². The SMILES string of the molecule is COC(=O)/C=C/C(=O)NCc1ccccc1-c1ccc(CN2CCCC2=O)cc1. The van der Waals surface area contributed by atoms with Gasteiger partial charge in [-0.05, 0) is 28.7 Å². The third kappa shape index (κ3) is 5.54. The molecule has 0 aromatic heterocycles. The zero-order valence-corrected chi connectivity index (χ0v) is 16.4. The van der Waals surface area contributed by atoms with Crippen LogP contribution < -0.4 is 5.32 Å². The Balaban J connectivity index is 1.66. The number of ether oxygens (including phenoxy) is 1. The van der Waals surface area contributed by atoms with Gasteiger partial charge < -0.3 is 15.0 Å². The van der Waals surface area contributed by atoms with E-state index in [2.05, 4.69) is 10.1 Å². The highest BCUT2D eigenvalue weighted by molar-refractivity contribution is 5.94. The Morgan fingerprint density at radius 3 is 2.55 bits per heavy atom. The van der Waals surface area contributed by atoms with Crippen LogP contribution in [0.15, 0.2) is 60.7 Å². The number of likely N-dealkylation sites (tertiary alicyclic amines) is 1. The summed E-state index contributed by atoms with van der Waals surface area (Å²) in [5, 5.41) is 2.78. The molecule has 1 fully saturated rings. The molecule has 3 rings (SSSR count). The van der Waals surface area contributed by atoms with Crippen LogP contribution in [-0.2, 0) is 32.2 Å². The van der Waals surface area contributed by atoms with Crippen LogP contribution in [0.25, 0.3) is 11.1 Å². The molecule has 1 aliphatic rings. The maximum Gasteiger partial charge on any atom is 0.330 e. The first-order valence-corrected chi connectivity index (χ1v) is 9.55. The van der Waals surface area contributed by atoms with Crippen LogP contribution >= 0.6 is 0 Å². The Morgan fingerprint density at radius 2 is 1.86 bits per heavy atom. The Kier molecular flexibility index (Phi) is 6.79. The van der Waals surface area contributed by atoms with E-state index in [-0.39, 0.29) is 11.8 Å². The lowest BCUT2D eigenvalue weighted by Gasteiger charge is -2.16. The predicted molar refractivity (Wildman–Crippen MR) is 110 cm³/mol. The van der Waals surface area contributed by atoms with Gasteiger partial charge in [0.25, 0.3) is 0 Å². The largest absolute Gasteiger partial charge is 0.466 e. The Labute approximate surface area is 170 Å². The molecule has 0 radical (unpaired) electrons. The minimum absolute atomic E-state index is 0.219. The number of rotatable bonds is 7. The first kappa shape index (κ1) is 20.3.